The highest BCUT2D eigenvalue weighted by Crippen LogP contribution is 2.28. The van der Waals surface area contributed by atoms with Crippen LogP contribution in [0.25, 0.3) is 10.4 Å². The van der Waals surface area contributed by atoms with Gasteiger partial charge in [-0.15, -0.1) is 0 Å². The SMILES string of the molecule is Cc1cc(Br)cc(C)c1C(O)C(O)CN=[N+]=[N-]. The van der Waals surface area contributed by atoms with Crippen molar-refractivity contribution in [2.24, 2.45) is 5.11 Å². The number of halogens is 1. The molecule has 0 radical (unpaired) electrons. The maximum Gasteiger partial charge on any atom is 0.105 e. The van der Waals surface area contributed by atoms with Gasteiger partial charge in [-0.1, -0.05) is 21.0 Å². The second-order valence-electron chi connectivity index (χ2n) is 3.88. The molecular weight excluding hydrogens is 286 g/mol. The fourth-order valence-electron chi connectivity index (χ4n) is 1.80. The van der Waals surface area contributed by atoms with Gasteiger partial charge in [-0.2, -0.15) is 0 Å². The lowest BCUT2D eigenvalue weighted by molar-refractivity contribution is 0.0236. The van der Waals surface area contributed by atoms with Crippen molar-refractivity contribution in [3.05, 3.63) is 43.7 Å². The maximum absolute atomic E-state index is 10.0. The summed E-state index contributed by atoms with van der Waals surface area (Å²) in [6, 6.07) is 3.73. The molecule has 2 atom stereocenters. The van der Waals surface area contributed by atoms with Crippen LogP contribution in [-0.2, 0) is 0 Å². The number of rotatable bonds is 4. The molecule has 0 aromatic heterocycles. The van der Waals surface area contributed by atoms with Gasteiger partial charge in [0.05, 0.1) is 12.6 Å². The van der Waals surface area contributed by atoms with Gasteiger partial charge in [0.15, 0.2) is 0 Å². The first-order chi connectivity index (χ1) is 7.97. The van der Waals surface area contributed by atoms with Gasteiger partial charge in [0.25, 0.3) is 0 Å². The third-order valence-corrected chi connectivity index (χ3v) is 3.01. The topological polar surface area (TPSA) is 89.2 Å². The van der Waals surface area contributed by atoms with Gasteiger partial charge in [-0.3, -0.25) is 0 Å². The molecular formula is C11H14BrN3O2. The van der Waals surface area contributed by atoms with Crippen LogP contribution < -0.4 is 0 Å². The lowest BCUT2D eigenvalue weighted by Gasteiger charge is -2.20. The Hall–Kier alpha value is -1.07. The number of aliphatic hydroxyl groups excluding tert-OH is 2. The molecule has 2 unspecified atom stereocenters. The summed E-state index contributed by atoms with van der Waals surface area (Å²) in [7, 11) is 0. The molecule has 0 amide bonds. The van der Waals surface area contributed by atoms with Crippen molar-refractivity contribution < 1.29 is 10.2 Å². The average molecular weight is 300 g/mol. The summed E-state index contributed by atoms with van der Waals surface area (Å²) in [6.45, 7) is 3.57. The molecule has 1 aromatic carbocycles. The minimum atomic E-state index is -1.09. The first-order valence-corrected chi connectivity index (χ1v) is 5.90. The van der Waals surface area contributed by atoms with Crippen molar-refractivity contribution in [2.75, 3.05) is 6.54 Å². The van der Waals surface area contributed by atoms with E-state index >= 15 is 0 Å². The van der Waals surface area contributed by atoms with E-state index in [9.17, 15) is 10.2 Å². The zero-order valence-corrected chi connectivity index (χ0v) is 11.2. The molecule has 0 saturated carbocycles. The van der Waals surface area contributed by atoms with Gasteiger partial charge in [0, 0.05) is 9.38 Å². The Balaban J connectivity index is 3.03. The van der Waals surface area contributed by atoms with Crippen LogP contribution in [0.15, 0.2) is 21.7 Å². The maximum atomic E-state index is 10.0. The predicted octanol–water partition coefficient (Wildman–Crippen LogP) is 2.77. The van der Waals surface area contributed by atoms with Crippen LogP contribution in [0, 0.1) is 13.8 Å². The smallest absolute Gasteiger partial charge is 0.105 e. The fourth-order valence-corrected chi connectivity index (χ4v) is 2.49. The molecule has 0 bridgehead atoms. The van der Waals surface area contributed by atoms with Crippen molar-refractivity contribution in [3.8, 4) is 0 Å². The highest BCUT2D eigenvalue weighted by Gasteiger charge is 2.21. The molecule has 0 fully saturated rings. The molecule has 0 aliphatic carbocycles. The summed E-state index contributed by atoms with van der Waals surface area (Å²) in [5.41, 5.74) is 10.6. The summed E-state index contributed by atoms with van der Waals surface area (Å²) in [4.78, 5) is 2.56. The lowest BCUT2D eigenvalue weighted by atomic mass is 9.95. The van der Waals surface area contributed by atoms with Crippen LogP contribution in [0.5, 0.6) is 0 Å². The predicted molar refractivity (Wildman–Crippen MR) is 68.6 cm³/mol. The van der Waals surface area contributed by atoms with Crippen molar-refractivity contribution in [1.82, 2.24) is 0 Å². The molecule has 0 spiro atoms. The van der Waals surface area contributed by atoms with E-state index < -0.39 is 12.2 Å². The number of aryl methyl sites for hydroxylation is 2. The quantitative estimate of drug-likeness (QED) is 0.508. The Morgan fingerprint density at radius 2 is 1.88 bits per heavy atom. The molecule has 6 heteroatoms. The second-order valence-corrected chi connectivity index (χ2v) is 4.79. The molecule has 92 valence electrons. The molecule has 1 aromatic rings. The van der Waals surface area contributed by atoms with Crippen LogP contribution in [-0.4, -0.2) is 22.9 Å². The molecule has 0 heterocycles. The van der Waals surface area contributed by atoms with Crippen LogP contribution in [0.1, 0.15) is 22.8 Å². The summed E-state index contributed by atoms with van der Waals surface area (Å²) < 4.78 is 0.924. The monoisotopic (exact) mass is 299 g/mol. The summed E-state index contributed by atoms with van der Waals surface area (Å²) in [5, 5.41) is 23.0. The van der Waals surface area contributed by atoms with Crippen molar-refractivity contribution in [2.45, 2.75) is 26.1 Å². The van der Waals surface area contributed by atoms with Crippen LogP contribution in [0.4, 0.5) is 0 Å². The Kier molecular flexibility index (Phi) is 4.96. The number of nitrogens with zero attached hydrogens (tertiary/aromatic N) is 3. The van der Waals surface area contributed by atoms with Gasteiger partial charge in [0.1, 0.15) is 6.10 Å². The summed E-state index contributed by atoms with van der Waals surface area (Å²) in [6.07, 6.45) is -2.14. The summed E-state index contributed by atoms with van der Waals surface area (Å²) in [5.74, 6) is 0. The fraction of sp³-hybridized carbons (Fsp3) is 0.455. The third kappa shape index (κ3) is 3.44. The van der Waals surface area contributed by atoms with Gasteiger partial charge < -0.3 is 10.2 Å². The first kappa shape index (κ1) is 14.0. The van der Waals surface area contributed by atoms with Gasteiger partial charge in [0.2, 0.25) is 0 Å². The normalized spacial score (nSPS) is 13.9. The van der Waals surface area contributed by atoms with Crippen molar-refractivity contribution >= 4 is 15.9 Å². The number of hydrogen-bond donors (Lipinski definition) is 2. The standard InChI is InChI=1S/C11H14BrN3O2/c1-6-3-8(12)4-7(2)10(6)11(17)9(16)5-14-15-13/h3-4,9,11,16-17H,5H2,1-2H3. The Bertz CT molecular complexity index is 435. The minimum Gasteiger partial charge on any atom is -0.390 e. The highest BCUT2D eigenvalue weighted by molar-refractivity contribution is 9.10. The number of azide groups is 1. The van der Waals surface area contributed by atoms with Crippen LogP contribution in [0.2, 0.25) is 0 Å². The molecule has 1 rings (SSSR count). The van der Waals surface area contributed by atoms with E-state index in [1.54, 1.807) is 0 Å². The molecule has 0 saturated heterocycles. The van der Waals surface area contributed by atoms with E-state index in [2.05, 4.69) is 26.0 Å². The van der Waals surface area contributed by atoms with Gasteiger partial charge >= 0.3 is 0 Å². The Labute approximate surface area is 108 Å². The molecule has 17 heavy (non-hydrogen) atoms. The second kappa shape index (κ2) is 6.02. The van der Waals surface area contributed by atoms with Crippen LogP contribution >= 0.6 is 15.9 Å². The van der Waals surface area contributed by atoms with E-state index in [-0.39, 0.29) is 6.54 Å². The number of hydrogen-bond acceptors (Lipinski definition) is 3. The van der Waals surface area contributed by atoms with E-state index in [1.165, 1.54) is 0 Å². The van der Waals surface area contributed by atoms with Crippen LogP contribution in [0.3, 0.4) is 0 Å². The molecule has 0 aliphatic rings. The number of benzene rings is 1. The van der Waals surface area contributed by atoms with Gasteiger partial charge in [-0.25, -0.2) is 0 Å². The van der Waals surface area contributed by atoms with E-state index in [0.717, 1.165) is 15.6 Å². The number of aliphatic hydroxyl groups is 2. The van der Waals surface area contributed by atoms with E-state index in [1.807, 2.05) is 26.0 Å². The minimum absolute atomic E-state index is 0.146. The molecule has 0 aliphatic heterocycles. The average Bonchev–Trinajstić information content (AvgIpc) is 2.24. The third-order valence-electron chi connectivity index (χ3n) is 2.55. The largest absolute Gasteiger partial charge is 0.390 e. The van der Waals surface area contributed by atoms with Gasteiger partial charge in [-0.05, 0) is 48.2 Å². The zero-order chi connectivity index (χ0) is 13.0. The van der Waals surface area contributed by atoms with E-state index in [4.69, 9.17) is 5.53 Å². The Morgan fingerprint density at radius 1 is 1.35 bits per heavy atom. The first-order valence-electron chi connectivity index (χ1n) is 5.11. The summed E-state index contributed by atoms with van der Waals surface area (Å²) >= 11 is 3.36. The molecule has 2 N–H and O–H groups in total. The zero-order valence-electron chi connectivity index (χ0n) is 9.63. The van der Waals surface area contributed by atoms with Crippen molar-refractivity contribution in [3.63, 3.8) is 0 Å². The Morgan fingerprint density at radius 3 is 2.35 bits per heavy atom. The molecule has 5 nitrogen and oxygen atoms in total. The highest BCUT2D eigenvalue weighted by atomic mass is 79.9. The van der Waals surface area contributed by atoms with E-state index in [0.29, 0.717) is 5.56 Å². The van der Waals surface area contributed by atoms with Crippen molar-refractivity contribution in [1.29, 1.82) is 0 Å². The lowest BCUT2D eigenvalue weighted by Crippen LogP contribution is -2.22.